The lowest BCUT2D eigenvalue weighted by molar-refractivity contribution is 0.0974. The van der Waals surface area contributed by atoms with Gasteiger partial charge in [-0.1, -0.05) is 39.0 Å². The molecule has 138 valence electrons. The number of aromatic hydroxyl groups is 1. The summed E-state index contributed by atoms with van der Waals surface area (Å²) in [6.45, 7) is 8.09. The summed E-state index contributed by atoms with van der Waals surface area (Å²) in [5.41, 5.74) is 2.65. The quantitative estimate of drug-likeness (QED) is 0.558. The number of carbonyl (C=O) groups is 1. The number of rotatable bonds is 3. The van der Waals surface area contributed by atoms with Gasteiger partial charge in [-0.2, -0.15) is 0 Å². The Morgan fingerprint density at radius 2 is 1.88 bits per heavy atom. The number of amides is 1. The highest BCUT2D eigenvalue weighted by molar-refractivity contribution is 7.80. The van der Waals surface area contributed by atoms with Crippen LogP contribution >= 0.6 is 12.2 Å². The zero-order valence-electron chi connectivity index (χ0n) is 15.6. The van der Waals surface area contributed by atoms with Crippen LogP contribution in [0.2, 0.25) is 0 Å². The molecule has 3 N–H and O–H groups in total. The lowest BCUT2D eigenvalue weighted by atomic mass is 9.87. The number of benzene rings is 2. The SMILES string of the molecule is COc1c(C)cccc1C(=O)NC(=S)Nc1cc(C(C)(C)C)ccc1O. The van der Waals surface area contributed by atoms with Crippen molar-refractivity contribution in [3.8, 4) is 11.5 Å². The van der Waals surface area contributed by atoms with Gasteiger partial charge in [0.15, 0.2) is 5.11 Å². The Morgan fingerprint density at radius 1 is 1.19 bits per heavy atom. The lowest BCUT2D eigenvalue weighted by Crippen LogP contribution is -2.34. The molecule has 0 fully saturated rings. The largest absolute Gasteiger partial charge is 0.506 e. The monoisotopic (exact) mass is 372 g/mol. The van der Waals surface area contributed by atoms with Gasteiger partial charge in [0.05, 0.1) is 18.4 Å². The number of aryl methyl sites for hydroxylation is 1. The number of thiocarbonyl (C=S) groups is 1. The van der Waals surface area contributed by atoms with Crippen LogP contribution in [0.25, 0.3) is 0 Å². The summed E-state index contributed by atoms with van der Waals surface area (Å²) < 4.78 is 5.30. The third kappa shape index (κ3) is 4.52. The molecule has 5 nitrogen and oxygen atoms in total. The second kappa shape index (κ2) is 7.74. The van der Waals surface area contributed by atoms with Crippen molar-refractivity contribution in [3.63, 3.8) is 0 Å². The van der Waals surface area contributed by atoms with Crippen LogP contribution in [-0.4, -0.2) is 23.2 Å². The van der Waals surface area contributed by atoms with E-state index in [4.69, 9.17) is 17.0 Å². The highest BCUT2D eigenvalue weighted by Crippen LogP contribution is 2.30. The molecule has 0 radical (unpaired) electrons. The molecule has 0 aliphatic carbocycles. The van der Waals surface area contributed by atoms with E-state index in [-0.39, 0.29) is 22.2 Å². The molecular formula is C20H24N2O3S. The smallest absolute Gasteiger partial charge is 0.261 e. The maximum atomic E-state index is 12.5. The Kier molecular flexibility index (Phi) is 5.87. The van der Waals surface area contributed by atoms with Crippen LogP contribution < -0.4 is 15.4 Å². The van der Waals surface area contributed by atoms with Crippen molar-refractivity contribution >= 4 is 28.9 Å². The Hall–Kier alpha value is -2.60. The van der Waals surface area contributed by atoms with E-state index in [2.05, 4.69) is 31.4 Å². The molecule has 0 saturated heterocycles. The van der Waals surface area contributed by atoms with Crippen molar-refractivity contribution in [2.75, 3.05) is 12.4 Å². The molecule has 2 aromatic carbocycles. The molecule has 2 aromatic rings. The van der Waals surface area contributed by atoms with Gasteiger partial charge in [0.1, 0.15) is 11.5 Å². The molecule has 0 aliphatic rings. The molecule has 0 heterocycles. The summed E-state index contributed by atoms with van der Waals surface area (Å²) in [6, 6.07) is 10.6. The second-order valence-corrected chi connectivity index (χ2v) is 7.45. The normalized spacial score (nSPS) is 11.0. The fraction of sp³-hybridized carbons (Fsp3) is 0.300. The van der Waals surface area contributed by atoms with Crippen molar-refractivity contribution in [1.82, 2.24) is 5.32 Å². The number of hydrogen-bond donors (Lipinski definition) is 3. The maximum absolute atomic E-state index is 12.5. The summed E-state index contributed by atoms with van der Waals surface area (Å²) in [7, 11) is 1.52. The van der Waals surface area contributed by atoms with Crippen LogP contribution in [0.15, 0.2) is 36.4 Å². The number of nitrogens with one attached hydrogen (secondary N) is 2. The minimum Gasteiger partial charge on any atom is -0.506 e. The molecule has 0 spiro atoms. The zero-order valence-corrected chi connectivity index (χ0v) is 16.5. The van der Waals surface area contributed by atoms with E-state index < -0.39 is 0 Å². The van der Waals surface area contributed by atoms with Crippen molar-refractivity contribution in [1.29, 1.82) is 0 Å². The number of phenolic OH excluding ortho intramolecular Hbond substituents is 1. The van der Waals surface area contributed by atoms with Gasteiger partial charge in [-0.25, -0.2) is 0 Å². The predicted octanol–water partition coefficient (Wildman–Crippen LogP) is 4.13. The standard InChI is InChI=1S/C20H24N2O3S/c1-12-7-6-8-14(17(12)25-5)18(24)22-19(26)21-15-11-13(20(2,3)4)9-10-16(15)23/h6-11,23H,1-5H3,(H2,21,22,24,26). The van der Waals surface area contributed by atoms with Crippen molar-refractivity contribution in [3.05, 3.63) is 53.1 Å². The van der Waals surface area contributed by atoms with E-state index in [1.165, 1.54) is 7.11 Å². The molecular weight excluding hydrogens is 348 g/mol. The van der Waals surface area contributed by atoms with Gasteiger partial charge in [-0.3, -0.25) is 10.1 Å². The first-order valence-electron chi connectivity index (χ1n) is 8.23. The molecule has 6 heteroatoms. The first-order valence-corrected chi connectivity index (χ1v) is 8.63. The third-order valence-electron chi connectivity index (χ3n) is 4.00. The first-order chi connectivity index (χ1) is 12.1. The van der Waals surface area contributed by atoms with E-state index in [1.807, 2.05) is 25.1 Å². The van der Waals surface area contributed by atoms with Crippen molar-refractivity contribution < 1.29 is 14.6 Å². The summed E-state index contributed by atoms with van der Waals surface area (Å²) in [5, 5.41) is 15.7. The van der Waals surface area contributed by atoms with Crippen molar-refractivity contribution in [2.24, 2.45) is 0 Å². The van der Waals surface area contributed by atoms with Gasteiger partial charge in [0.25, 0.3) is 5.91 Å². The summed E-state index contributed by atoms with van der Waals surface area (Å²) >= 11 is 5.23. The number of ether oxygens (including phenoxy) is 1. The van der Waals surface area contributed by atoms with Gasteiger partial charge in [-0.15, -0.1) is 0 Å². The Balaban J connectivity index is 2.17. The molecule has 2 rings (SSSR count). The van der Waals surface area contributed by atoms with E-state index in [9.17, 15) is 9.90 Å². The van der Waals surface area contributed by atoms with Gasteiger partial charge >= 0.3 is 0 Å². The second-order valence-electron chi connectivity index (χ2n) is 7.05. The number of hydrogen-bond acceptors (Lipinski definition) is 4. The zero-order chi connectivity index (χ0) is 19.5. The van der Waals surface area contributed by atoms with Gasteiger partial charge in [0.2, 0.25) is 0 Å². The van der Waals surface area contributed by atoms with E-state index >= 15 is 0 Å². The lowest BCUT2D eigenvalue weighted by Gasteiger charge is -2.21. The highest BCUT2D eigenvalue weighted by atomic mass is 32.1. The third-order valence-corrected chi connectivity index (χ3v) is 4.20. The van der Waals surface area contributed by atoms with Gasteiger partial charge < -0.3 is 15.2 Å². The number of anilines is 1. The number of phenols is 1. The number of methoxy groups -OCH3 is 1. The van der Waals surface area contributed by atoms with Gasteiger partial charge in [0, 0.05) is 0 Å². The maximum Gasteiger partial charge on any atom is 0.261 e. The first kappa shape index (κ1) is 19.7. The van der Waals surface area contributed by atoms with Crippen LogP contribution in [0.3, 0.4) is 0 Å². The fourth-order valence-electron chi connectivity index (χ4n) is 2.53. The van der Waals surface area contributed by atoms with Crippen LogP contribution in [0.1, 0.15) is 42.3 Å². The summed E-state index contributed by atoms with van der Waals surface area (Å²) in [4.78, 5) is 12.5. The Bertz CT molecular complexity index is 841. The molecule has 1 amide bonds. The molecule has 0 unspecified atom stereocenters. The molecule has 26 heavy (non-hydrogen) atoms. The average molecular weight is 372 g/mol. The Morgan fingerprint density at radius 3 is 2.50 bits per heavy atom. The van der Waals surface area contributed by atoms with Crippen LogP contribution in [0, 0.1) is 6.92 Å². The number of para-hydroxylation sites is 1. The van der Waals surface area contributed by atoms with Crippen LogP contribution in [-0.2, 0) is 5.41 Å². The predicted molar refractivity (Wildman–Crippen MR) is 108 cm³/mol. The van der Waals surface area contributed by atoms with Crippen molar-refractivity contribution in [2.45, 2.75) is 33.1 Å². The van der Waals surface area contributed by atoms with E-state index in [0.717, 1.165) is 11.1 Å². The summed E-state index contributed by atoms with van der Waals surface area (Å²) in [6.07, 6.45) is 0. The average Bonchev–Trinajstić information content (AvgIpc) is 2.55. The molecule has 0 aliphatic heterocycles. The molecule has 0 aromatic heterocycles. The highest BCUT2D eigenvalue weighted by Gasteiger charge is 2.18. The molecule has 0 saturated carbocycles. The topological polar surface area (TPSA) is 70.6 Å². The van der Waals surface area contributed by atoms with Crippen LogP contribution in [0.4, 0.5) is 5.69 Å². The minimum absolute atomic E-state index is 0.0581. The van der Waals surface area contributed by atoms with Gasteiger partial charge in [-0.05, 0) is 53.9 Å². The number of carbonyl (C=O) groups excluding carboxylic acids is 1. The summed E-state index contributed by atoms with van der Waals surface area (Å²) in [5.74, 6) is 0.183. The fourth-order valence-corrected chi connectivity index (χ4v) is 2.73. The van der Waals surface area contributed by atoms with Crippen LogP contribution in [0.5, 0.6) is 11.5 Å². The molecule has 0 atom stereocenters. The Labute approximate surface area is 159 Å². The molecule has 0 bridgehead atoms. The minimum atomic E-state index is -0.380. The van der Waals surface area contributed by atoms with E-state index in [0.29, 0.717) is 17.0 Å². The van der Waals surface area contributed by atoms with E-state index in [1.54, 1.807) is 18.2 Å².